The lowest BCUT2D eigenvalue weighted by atomic mass is 10.2. The molecule has 0 radical (unpaired) electrons. The third kappa shape index (κ3) is 3.34. The minimum Gasteiger partial charge on any atom is -0.349 e. The molecule has 0 N–H and O–H groups in total. The summed E-state index contributed by atoms with van der Waals surface area (Å²) in [7, 11) is 0. The van der Waals surface area contributed by atoms with E-state index in [0.29, 0.717) is 23.3 Å². The molecule has 0 fully saturated rings. The zero-order valence-corrected chi connectivity index (χ0v) is 12.2. The summed E-state index contributed by atoms with van der Waals surface area (Å²) in [4.78, 5) is 0. The van der Waals surface area contributed by atoms with Gasteiger partial charge in [-0.2, -0.15) is 0 Å². The topological polar surface area (TPSA) is 18.5 Å². The van der Waals surface area contributed by atoms with E-state index >= 15 is 0 Å². The molecule has 0 aromatic heterocycles. The van der Waals surface area contributed by atoms with Crippen molar-refractivity contribution in [2.45, 2.75) is 20.1 Å². The Morgan fingerprint density at radius 3 is 2.25 bits per heavy atom. The van der Waals surface area contributed by atoms with Crippen LogP contribution in [0.3, 0.4) is 0 Å². The minimum atomic E-state index is -0.490. The third-order valence-electron chi connectivity index (χ3n) is 1.95. The Balaban J connectivity index is 3.11. The van der Waals surface area contributed by atoms with E-state index in [-0.39, 0.29) is 0 Å². The van der Waals surface area contributed by atoms with Crippen molar-refractivity contribution in [3.63, 3.8) is 0 Å². The Hall–Kier alpha value is 0.200. The Labute approximate surface area is 114 Å². The summed E-state index contributed by atoms with van der Waals surface area (Å²) < 4.78 is 11.8. The summed E-state index contributed by atoms with van der Waals surface area (Å²) >= 11 is 15.5. The van der Waals surface area contributed by atoms with Crippen molar-refractivity contribution in [2.75, 3.05) is 13.2 Å². The van der Waals surface area contributed by atoms with E-state index in [9.17, 15) is 0 Å². The summed E-state index contributed by atoms with van der Waals surface area (Å²) in [5.74, 6) is 0. The summed E-state index contributed by atoms with van der Waals surface area (Å²) in [6.45, 7) is 4.89. The van der Waals surface area contributed by atoms with Gasteiger partial charge < -0.3 is 9.47 Å². The molecule has 0 unspecified atom stereocenters. The first-order valence-corrected chi connectivity index (χ1v) is 6.53. The fourth-order valence-corrected chi connectivity index (χ4v) is 2.33. The van der Waals surface area contributed by atoms with Crippen LogP contribution in [0, 0.1) is 0 Å². The van der Waals surface area contributed by atoms with Gasteiger partial charge in [-0.3, -0.25) is 0 Å². The lowest BCUT2D eigenvalue weighted by Gasteiger charge is -2.20. The van der Waals surface area contributed by atoms with Gasteiger partial charge >= 0.3 is 0 Å². The van der Waals surface area contributed by atoms with Crippen LogP contribution in [0.2, 0.25) is 10.0 Å². The third-order valence-corrected chi connectivity index (χ3v) is 3.46. The zero-order valence-electron chi connectivity index (χ0n) is 9.10. The molecule has 0 aliphatic carbocycles. The zero-order chi connectivity index (χ0) is 12.1. The first kappa shape index (κ1) is 14.3. The van der Waals surface area contributed by atoms with E-state index < -0.39 is 6.29 Å². The maximum absolute atomic E-state index is 6.14. The van der Waals surface area contributed by atoms with Crippen LogP contribution in [0.4, 0.5) is 0 Å². The van der Waals surface area contributed by atoms with Gasteiger partial charge in [0.2, 0.25) is 0 Å². The molecule has 0 aliphatic rings. The van der Waals surface area contributed by atoms with Crippen molar-refractivity contribution in [1.82, 2.24) is 0 Å². The van der Waals surface area contributed by atoms with Crippen LogP contribution < -0.4 is 0 Å². The quantitative estimate of drug-likeness (QED) is 0.569. The van der Waals surface area contributed by atoms with Crippen molar-refractivity contribution < 1.29 is 9.47 Å². The molecule has 1 rings (SSSR count). The highest BCUT2D eigenvalue weighted by atomic mass is 79.9. The minimum absolute atomic E-state index is 0.461. The predicted octanol–water partition coefficient (Wildman–Crippen LogP) is 4.83. The van der Waals surface area contributed by atoms with Crippen molar-refractivity contribution in [3.8, 4) is 0 Å². The molecule has 0 saturated carbocycles. The van der Waals surface area contributed by atoms with Gasteiger partial charge in [0.25, 0.3) is 0 Å². The smallest absolute Gasteiger partial charge is 0.186 e. The number of benzene rings is 1. The largest absolute Gasteiger partial charge is 0.349 e. The Kier molecular flexibility index (Phi) is 6.08. The van der Waals surface area contributed by atoms with Crippen molar-refractivity contribution in [1.29, 1.82) is 0 Å². The molecule has 0 atom stereocenters. The molecule has 1 aromatic rings. The highest BCUT2D eigenvalue weighted by Gasteiger charge is 2.20. The van der Waals surface area contributed by atoms with E-state index in [1.54, 1.807) is 6.07 Å². The van der Waals surface area contributed by atoms with Gasteiger partial charge in [0, 0.05) is 23.2 Å². The molecule has 1 aromatic carbocycles. The number of hydrogen-bond acceptors (Lipinski definition) is 2. The number of halogens is 3. The van der Waals surface area contributed by atoms with Gasteiger partial charge in [-0.1, -0.05) is 39.1 Å². The molecule has 90 valence electrons. The van der Waals surface area contributed by atoms with E-state index in [1.165, 1.54) is 0 Å². The summed E-state index contributed by atoms with van der Waals surface area (Å²) in [5, 5.41) is 0.951. The summed E-state index contributed by atoms with van der Waals surface area (Å²) in [6.07, 6.45) is -0.490. The first-order chi connectivity index (χ1) is 7.61. The van der Waals surface area contributed by atoms with Crippen LogP contribution in [0.15, 0.2) is 16.6 Å². The van der Waals surface area contributed by atoms with E-state index in [1.807, 2.05) is 19.9 Å². The molecule has 0 saturated heterocycles. The van der Waals surface area contributed by atoms with Gasteiger partial charge in [0.05, 0.1) is 10.0 Å². The molecular formula is C11H13BrCl2O2. The van der Waals surface area contributed by atoms with E-state index in [2.05, 4.69) is 15.9 Å². The van der Waals surface area contributed by atoms with Crippen LogP contribution >= 0.6 is 39.1 Å². The molecule has 0 heterocycles. The predicted molar refractivity (Wildman–Crippen MR) is 70.2 cm³/mol. The second kappa shape index (κ2) is 6.82. The SMILES string of the molecule is CCOC(OCC)c1c(Br)ccc(Cl)c1Cl. The van der Waals surface area contributed by atoms with Crippen molar-refractivity contribution >= 4 is 39.1 Å². The van der Waals surface area contributed by atoms with Crippen LogP contribution in [0.5, 0.6) is 0 Å². The fourth-order valence-electron chi connectivity index (χ4n) is 1.28. The molecule has 0 bridgehead atoms. The average Bonchev–Trinajstić information content (AvgIpc) is 2.25. The Morgan fingerprint density at radius 2 is 1.75 bits per heavy atom. The highest BCUT2D eigenvalue weighted by Crippen LogP contribution is 2.37. The van der Waals surface area contributed by atoms with Gasteiger partial charge in [0.1, 0.15) is 0 Å². The summed E-state index contributed by atoms with van der Waals surface area (Å²) in [6, 6.07) is 3.56. The summed E-state index contributed by atoms with van der Waals surface area (Å²) in [5.41, 5.74) is 0.734. The molecular weight excluding hydrogens is 315 g/mol. The number of hydrogen-bond donors (Lipinski definition) is 0. The van der Waals surface area contributed by atoms with Crippen LogP contribution in [-0.4, -0.2) is 13.2 Å². The molecule has 5 heteroatoms. The molecule has 0 aliphatic heterocycles. The molecule has 2 nitrogen and oxygen atoms in total. The van der Waals surface area contributed by atoms with Crippen LogP contribution in [0.25, 0.3) is 0 Å². The monoisotopic (exact) mass is 326 g/mol. The Morgan fingerprint density at radius 1 is 1.19 bits per heavy atom. The highest BCUT2D eigenvalue weighted by molar-refractivity contribution is 9.10. The van der Waals surface area contributed by atoms with Crippen LogP contribution in [0.1, 0.15) is 25.7 Å². The van der Waals surface area contributed by atoms with Crippen LogP contribution in [-0.2, 0) is 9.47 Å². The van der Waals surface area contributed by atoms with Gasteiger partial charge in [0.15, 0.2) is 6.29 Å². The average molecular weight is 328 g/mol. The van der Waals surface area contributed by atoms with E-state index in [4.69, 9.17) is 32.7 Å². The number of rotatable bonds is 5. The standard InChI is InChI=1S/C11H13BrCl2O2/c1-3-15-11(16-4-2)9-7(12)5-6-8(13)10(9)14/h5-6,11H,3-4H2,1-2H3. The lowest BCUT2D eigenvalue weighted by molar-refractivity contribution is -0.140. The normalized spacial score (nSPS) is 11.1. The lowest BCUT2D eigenvalue weighted by Crippen LogP contribution is -2.10. The molecule has 0 spiro atoms. The maximum Gasteiger partial charge on any atom is 0.186 e. The van der Waals surface area contributed by atoms with Gasteiger partial charge in [-0.15, -0.1) is 0 Å². The first-order valence-electron chi connectivity index (χ1n) is 4.98. The second-order valence-electron chi connectivity index (χ2n) is 3.00. The molecule has 16 heavy (non-hydrogen) atoms. The van der Waals surface area contributed by atoms with E-state index in [0.717, 1.165) is 10.0 Å². The van der Waals surface area contributed by atoms with Gasteiger partial charge in [-0.05, 0) is 26.0 Å². The maximum atomic E-state index is 6.14. The number of ether oxygens (including phenoxy) is 2. The fraction of sp³-hybridized carbons (Fsp3) is 0.455. The van der Waals surface area contributed by atoms with Crippen molar-refractivity contribution in [3.05, 3.63) is 32.2 Å². The second-order valence-corrected chi connectivity index (χ2v) is 4.64. The molecule has 0 amide bonds. The Bertz CT molecular complexity index is 352. The van der Waals surface area contributed by atoms with Gasteiger partial charge in [-0.25, -0.2) is 0 Å². The van der Waals surface area contributed by atoms with Crippen molar-refractivity contribution in [2.24, 2.45) is 0 Å².